The molecule has 1 aromatic rings. The van der Waals surface area contributed by atoms with Gasteiger partial charge in [0.2, 0.25) is 0 Å². The zero-order valence-corrected chi connectivity index (χ0v) is 15.4. The molecule has 2 N–H and O–H groups in total. The molecule has 0 amide bonds. The van der Waals surface area contributed by atoms with Crippen molar-refractivity contribution in [2.45, 2.75) is 58.1 Å². The van der Waals surface area contributed by atoms with Gasteiger partial charge in [-0.05, 0) is 49.9 Å². The second kappa shape index (κ2) is 7.83. The number of allylic oxidation sites excluding steroid dienone is 4. The van der Waals surface area contributed by atoms with E-state index in [1.807, 2.05) is 0 Å². The van der Waals surface area contributed by atoms with Crippen molar-refractivity contribution < 1.29 is 10.2 Å². The van der Waals surface area contributed by atoms with E-state index >= 15 is 0 Å². The molecule has 2 aliphatic carbocycles. The summed E-state index contributed by atoms with van der Waals surface area (Å²) in [5.74, 6) is 1.38. The highest BCUT2D eigenvalue weighted by molar-refractivity contribution is 5.17. The molecule has 0 radical (unpaired) electrons. The van der Waals surface area contributed by atoms with Crippen LogP contribution in [-0.2, 0) is 6.54 Å². The molecule has 2 aliphatic rings. The number of rotatable bonds is 6. The van der Waals surface area contributed by atoms with Gasteiger partial charge in [-0.15, -0.1) is 0 Å². The Bertz CT molecular complexity index is 610. The summed E-state index contributed by atoms with van der Waals surface area (Å²) in [5, 5.41) is 25.3. The van der Waals surface area contributed by atoms with Gasteiger partial charge in [-0.2, -0.15) is 5.10 Å². The van der Waals surface area contributed by atoms with Gasteiger partial charge in [-0.3, -0.25) is 4.68 Å². The Morgan fingerprint density at radius 1 is 1.28 bits per heavy atom. The number of aromatic nitrogens is 3. The molecular weight excluding hydrogens is 314 g/mol. The lowest BCUT2D eigenvalue weighted by Crippen LogP contribution is -2.45. The van der Waals surface area contributed by atoms with E-state index in [-0.39, 0.29) is 18.4 Å². The molecular formula is C20H31N3O2. The molecule has 0 aromatic carbocycles. The van der Waals surface area contributed by atoms with Crippen LogP contribution in [0.25, 0.3) is 0 Å². The van der Waals surface area contributed by atoms with Crippen molar-refractivity contribution in [3.05, 3.63) is 36.5 Å². The van der Waals surface area contributed by atoms with Crippen LogP contribution in [0.5, 0.6) is 0 Å². The van der Waals surface area contributed by atoms with Crippen molar-refractivity contribution in [1.82, 2.24) is 14.8 Å². The van der Waals surface area contributed by atoms with Crippen molar-refractivity contribution >= 4 is 0 Å². The summed E-state index contributed by atoms with van der Waals surface area (Å²) < 4.78 is 1.69. The molecule has 1 saturated carbocycles. The van der Waals surface area contributed by atoms with Gasteiger partial charge < -0.3 is 10.2 Å². The summed E-state index contributed by atoms with van der Waals surface area (Å²) in [6.45, 7) is 5.03. The van der Waals surface area contributed by atoms with Gasteiger partial charge in [-0.1, -0.05) is 37.6 Å². The Labute approximate surface area is 150 Å². The molecule has 138 valence electrons. The van der Waals surface area contributed by atoms with Crippen molar-refractivity contribution in [2.24, 2.45) is 23.7 Å². The Morgan fingerprint density at radius 2 is 2.08 bits per heavy atom. The average molecular weight is 345 g/mol. The summed E-state index contributed by atoms with van der Waals surface area (Å²) in [6.07, 6.45) is 14.8. The van der Waals surface area contributed by atoms with Gasteiger partial charge in [0.25, 0.3) is 0 Å². The van der Waals surface area contributed by atoms with E-state index in [2.05, 4.69) is 42.2 Å². The molecule has 1 aromatic heterocycles. The van der Waals surface area contributed by atoms with Crippen LogP contribution >= 0.6 is 0 Å². The van der Waals surface area contributed by atoms with Crippen LogP contribution in [0.1, 0.15) is 46.0 Å². The molecule has 5 nitrogen and oxygen atoms in total. The first-order valence-electron chi connectivity index (χ1n) is 9.54. The van der Waals surface area contributed by atoms with Crippen LogP contribution in [-0.4, -0.2) is 37.2 Å². The van der Waals surface area contributed by atoms with Gasteiger partial charge in [0.1, 0.15) is 12.7 Å². The number of aliphatic hydroxyl groups excluding tert-OH is 1. The van der Waals surface area contributed by atoms with E-state index in [4.69, 9.17) is 0 Å². The monoisotopic (exact) mass is 345 g/mol. The Kier molecular flexibility index (Phi) is 5.74. The minimum Gasteiger partial charge on any atom is -0.396 e. The highest BCUT2D eigenvalue weighted by Gasteiger charge is 2.48. The largest absolute Gasteiger partial charge is 0.396 e. The van der Waals surface area contributed by atoms with Crippen LogP contribution in [0, 0.1) is 23.7 Å². The molecule has 0 spiro atoms. The van der Waals surface area contributed by atoms with Crippen molar-refractivity contribution in [3.63, 3.8) is 0 Å². The highest BCUT2D eigenvalue weighted by atomic mass is 16.3. The second-order valence-electron chi connectivity index (χ2n) is 8.03. The van der Waals surface area contributed by atoms with Crippen LogP contribution in [0.15, 0.2) is 36.5 Å². The maximum absolute atomic E-state index is 11.4. The first kappa shape index (κ1) is 18.3. The SMILES string of the molecule is CC1C=CC=C(CCC2CCC(CO)C2(O)Cn2cncn2)CC1C. The minimum atomic E-state index is -0.900. The molecule has 5 unspecified atom stereocenters. The molecule has 5 heteroatoms. The summed E-state index contributed by atoms with van der Waals surface area (Å²) in [5.41, 5.74) is 0.575. The second-order valence-corrected chi connectivity index (χ2v) is 8.03. The Morgan fingerprint density at radius 3 is 2.80 bits per heavy atom. The average Bonchev–Trinajstić information content (AvgIpc) is 3.15. The molecule has 1 heterocycles. The fourth-order valence-corrected chi connectivity index (χ4v) is 4.48. The predicted molar refractivity (Wildman–Crippen MR) is 97.7 cm³/mol. The van der Waals surface area contributed by atoms with Crippen molar-refractivity contribution in [1.29, 1.82) is 0 Å². The lowest BCUT2D eigenvalue weighted by atomic mass is 9.80. The summed E-state index contributed by atoms with van der Waals surface area (Å²) in [7, 11) is 0. The van der Waals surface area contributed by atoms with E-state index in [1.165, 1.54) is 11.9 Å². The fraction of sp³-hybridized carbons (Fsp3) is 0.700. The maximum Gasteiger partial charge on any atom is 0.137 e. The van der Waals surface area contributed by atoms with E-state index in [1.54, 1.807) is 11.0 Å². The number of hydrogen-bond donors (Lipinski definition) is 2. The highest BCUT2D eigenvalue weighted by Crippen LogP contribution is 2.44. The predicted octanol–water partition coefficient (Wildman–Crippen LogP) is 2.97. The quantitative estimate of drug-likeness (QED) is 0.831. The zero-order chi connectivity index (χ0) is 17.9. The van der Waals surface area contributed by atoms with Gasteiger partial charge in [0.05, 0.1) is 12.1 Å². The van der Waals surface area contributed by atoms with Gasteiger partial charge in [0.15, 0.2) is 0 Å². The van der Waals surface area contributed by atoms with Crippen molar-refractivity contribution in [3.8, 4) is 0 Å². The van der Waals surface area contributed by atoms with E-state index < -0.39 is 5.60 Å². The molecule has 5 atom stereocenters. The first-order valence-corrected chi connectivity index (χ1v) is 9.54. The maximum atomic E-state index is 11.4. The van der Waals surface area contributed by atoms with Crippen LogP contribution in [0.4, 0.5) is 0 Å². The fourth-order valence-electron chi connectivity index (χ4n) is 4.48. The zero-order valence-electron chi connectivity index (χ0n) is 15.4. The summed E-state index contributed by atoms with van der Waals surface area (Å²) in [6, 6.07) is 0. The van der Waals surface area contributed by atoms with Crippen LogP contribution in [0.3, 0.4) is 0 Å². The third-order valence-corrected chi connectivity index (χ3v) is 6.42. The third-order valence-electron chi connectivity index (χ3n) is 6.42. The smallest absolute Gasteiger partial charge is 0.137 e. The topological polar surface area (TPSA) is 71.2 Å². The third kappa shape index (κ3) is 4.04. The molecule has 0 bridgehead atoms. The van der Waals surface area contributed by atoms with Gasteiger partial charge >= 0.3 is 0 Å². The Hall–Kier alpha value is -1.46. The first-order chi connectivity index (χ1) is 12.0. The van der Waals surface area contributed by atoms with Gasteiger partial charge in [0, 0.05) is 12.5 Å². The van der Waals surface area contributed by atoms with E-state index in [9.17, 15) is 10.2 Å². The number of aliphatic hydroxyl groups is 2. The Balaban J connectivity index is 1.66. The van der Waals surface area contributed by atoms with Crippen LogP contribution in [0.2, 0.25) is 0 Å². The number of nitrogens with zero attached hydrogens (tertiary/aromatic N) is 3. The molecule has 0 aliphatic heterocycles. The van der Waals surface area contributed by atoms with E-state index in [0.717, 1.165) is 32.1 Å². The molecule has 25 heavy (non-hydrogen) atoms. The summed E-state index contributed by atoms with van der Waals surface area (Å²) in [4.78, 5) is 3.98. The lowest BCUT2D eigenvalue weighted by molar-refractivity contribution is -0.0695. The molecule has 0 saturated heterocycles. The summed E-state index contributed by atoms with van der Waals surface area (Å²) >= 11 is 0. The standard InChI is InChI=1S/C20H31N3O2/c1-15-4-3-5-17(10-16(15)2)6-7-18-8-9-19(11-24)20(18,25)12-23-14-21-13-22-23/h3-5,13-16,18-19,24-25H,6-12H2,1-2H3. The van der Waals surface area contributed by atoms with E-state index in [0.29, 0.717) is 18.4 Å². The normalized spacial score (nSPS) is 35.6. The van der Waals surface area contributed by atoms with Gasteiger partial charge in [-0.25, -0.2) is 4.98 Å². The molecule has 3 rings (SSSR count). The molecule has 1 fully saturated rings. The van der Waals surface area contributed by atoms with Crippen LogP contribution < -0.4 is 0 Å². The van der Waals surface area contributed by atoms with Crippen molar-refractivity contribution in [2.75, 3.05) is 6.61 Å². The number of hydrogen-bond acceptors (Lipinski definition) is 4. The lowest BCUT2D eigenvalue weighted by Gasteiger charge is -2.35. The minimum absolute atomic E-state index is 0.0294.